The minimum Gasteiger partial charge on any atom is -0.368 e. The third-order valence-corrected chi connectivity index (χ3v) is 2.86. The summed E-state index contributed by atoms with van der Waals surface area (Å²) in [6.45, 7) is 0.875. The number of aromatic nitrogens is 1. The minimum atomic E-state index is -0.534. The zero-order chi connectivity index (χ0) is 13.8. The lowest BCUT2D eigenvalue weighted by Crippen LogP contribution is -2.29. The van der Waals surface area contributed by atoms with E-state index < -0.39 is 4.92 Å². The molecule has 0 unspecified atom stereocenters. The van der Waals surface area contributed by atoms with Crippen molar-refractivity contribution in [2.24, 2.45) is 5.92 Å². The molecular formula is C11H13ClN4O3. The fraction of sp³-hybridized carbons (Fsp3) is 0.455. The maximum Gasteiger partial charge on any atom is 0.276 e. The summed E-state index contributed by atoms with van der Waals surface area (Å²) in [6, 6.07) is 2.48. The molecule has 0 atom stereocenters. The van der Waals surface area contributed by atoms with Gasteiger partial charge < -0.3 is 10.6 Å². The van der Waals surface area contributed by atoms with Crippen LogP contribution >= 0.6 is 11.6 Å². The number of carbonyl (C=O) groups is 1. The van der Waals surface area contributed by atoms with Crippen LogP contribution in [0.25, 0.3) is 0 Å². The number of hydrogen-bond donors (Lipinski definition) is 2. The molecule has 19 heavy (non-hydrogen) atoms. The molecule has 2 rings (SSSR count). The first-order chi connectivity index (χ1) is 9.06. The zero-order valence-corrected chi connectivity index (χ0v) is 10.8. The molecule has 0 spiro atoms. The highest BCUT2D eigenvalue weighted by Crippen LogP contribution is 2.28. The molecule has 1 heterocycles. The molecule has 1 aliphatic carbocycles. The molecular weight excluding hydrogens is 272 g/mol. The molecule has 7 nitrogen and oxygen atoms in total. The molecule has 1 aromatic heterocycles. The van der Waals surface area contributed by atoms with Crippen LogP contribution in [0.5, 0.6) is 0 Å². The molecule has 0 radical (unpaired) electrons. The van der Waals surface area contributed by atoms with E-state index in [1.165, 1.54) is 12.1 Å². The van der Waals surface area contributed by atoms with E-state index >= 15 is 0 Å². The van der Waals surface area contributed by atoms with Crippen LogP contribution in [0.4, 0.5) is 11.5 Å². The summed E-state index contributed by atoms with van der Waals surface area (Å²) in [5, 5.41) is 16.3. The SMILES string of the molecule is O=C(NCCNc1cc([N+](=O)[O-])cc(Cl)n1)C1CC1. The summed E-state index contributed by atoms with van der Waals surface area (Å²) in [7, 11) is 0. The highest BCUT2D eigenvalue weighted by Gasteiger charge is 2.28. The average molecular weight is 285 g/mol. The van der Waals surface area contributed by atoms with Gasteiger partial charge in [-0.05, 0) is 12.8 Å². The second kappa shape index (κ2) is 5.83. The smallest absolute Gasteiger partial charge is 0.276 e. The van der Waals surface area contributed by atoms with Gasteiger partial charge in [-0.15, -0.1) is 0 Å². The Balaban J connectivity index is 1.81. The normalized spacial score (nSPS) is 13.9. The van der Waals surface area contributed by atoms with E-state index in [4.69, 9.17) is 11.6 Å². The van der Waals surface area contributed by atoms with Crippen molar-refractivity contribution in [2.75, 3.05) is 18.4 Å². The van der Waals surface area contributed by atoms with E-state index in [1.807, 2.05) is 0 Å². The number of pyridine rings is 1. The first-order valence-corrected chi connectivity index (χ1v) is 6.27. The van der Waals surface area contributed by atoms with Gasteiger partial charge in [0.2, 0.25) is 5.91 Å². The Hall–Kier alpha value is -1.89. The summed E-state index contributed by atoms with van der Waals surface area (Å²) < 4.78 is 0. The number of nitrogens with zero attached hydrogens (tertiary/aromatic N) is 2. The highest BCUT2D eigenvalue weighted by molar-refractivity contribution is 6.29. The molecule has 0 saturated heterocycles. The Morgan fingerprint density at radius 2 is 2.21 bits per heavy atom. The molecule has 0 aromatic carbocycles. The Morgan fingerprint density at radius 3 is 2.84 bits per heavy atom. The van der Waals surface area contributed by atoms with E-state index in [9.17, 15) is 14.9 Å². The van der Waals surface area contributed by atoms with E-state index in [2.05, 4.69) is 15.6 Å². The predicted octanol–water partition coefficient (Wildman–Crippen LogP) is 1.58. The lowest BCUT2D eigenvalue weighted by molar-refractivity contribution is -0.384. The molecule has 1 aliphatic rings. The van der Waals surface area contributed by atoms with Crippen molar-refractivity contribution in [1.82, 2.24) is 10.3 Å². The summed E-state index contributed by atoms with van der Waals surface area (Å²) in [5.41, 5.74) is -0.121. The topological polar surface area (TPSA) is 97.2 Å². The Kier molecular flexibility index (Phi) is 4.16. The molecule has 0 aliphatic heterocycles. The van der Waals surface area contributed by atoms with Crippen molar-refractivity contribution in [3.05, 3.63) is 27.4 Å². The number of nitro groups is 1. The summed E-state index contributed by atoms with van der Waals surface area (Å²) in [4.78, 5) is 25.4. The van der Waals surface area contributed by atoms with Crippen molar-refractivity contribution in [1.29, 1.82) is 0 Å². The molecule has 1 amide bonds. The molecule has 102 valence electrons. The zero-order valence-electron chi connectivity index (χ0n) is 10.1. The van der Waals surface area contributed by atoms with Gasteiger partial charge in [-0.3, -0.25) is 14.9 Å². The van der Waals surface area contributed by atoms with Gasteiger partial charge in [0, 0.05) is 19.0 Å². The molecule has 1 saturated carbocycles. The van der Waals surface area contributed by atoms with Crippen molar-refractivity contribution < 1.29 is 9.72 Å². The summed E-state index contributed by atoms with van der Waals surface area (Å²) in [6.07, 6.45) is 1.92. The number of anilines is 1. The van der Waals surface area contributed by atoms with Crippen LogP contribution in [0, 0.1) is 16.0 Å². The Bertz CT molecular complexity index is 505. The van der Waals surface area contributed by atoms with Crippen molar-refractivity contribution >= 4 is 29.0 Å². The van der Waals surface area contributed by atoms with Crippen molar-refractivity contribution in [3.63, 3.8) is 0 Å². The molecule has 0 bridgehead atoms. The molecule has 8 heteroatoms. The monoisotopic (exact) mass is 284 g/mol. The van der Waals surface area contributed by atoms with Gasteiger partial charge in [-0.2, -0.15) is 0 Å². The van der Waals surface area contributed by atoms with Gasteiger partial charge in [-0.1, -0.05) is 11.6 Å². The number of rotatable bonds is 6. The third kappa shape index (κ3) is 4.06. The summed E-state index contributed by atoms with van der Waals surface area (Å²) >= 11 is 5.68. The van der Waals surface area contributed by atoms with Gasteiger partial charge in [0.15, 0.2) is 0 Å². The Labute approximate surface area is 114 Å². The van der Waals surface area contributed by atoms with Crippen LogP contribution in [0.15, 0.2) is 12.1 Å². The van der Waals surface area contributed by atoms with Gasteiger partial charge in [0.25, 0.3) is 5.69 Å². The number of halogens is 1. The van der Waals surface area contributed by atoms with E-state index in [1.54, 1.807) is 0 Å². The van der Waals surface area contributed by atoms with E-state index in [0.717, 1.165) is 12.8 Å². The van der Waals surface area contributed by atoms with Crippen LogP contribution in [-0.2, 0) is 4.79 Å². The van der Waals surface area contributed by atoms with Crippen LogP contribution in [0.3, 0.4) is 0 Å². The molecule has 2 N–H and O–H groups in total. The maximum absolute atomic E-state index is 11.3. The molecule has 1 fully saturated rings. The van der Waals surface area contributed by atoms with Gasteiger partial charge in [0.05, 0.1) is 17.1 Å². The maximum atomic E-state index is 11.3. The second-order valence-corrected chi connectivity index (χ2v) is 4.67. The largest absolute Gasteiger partial charge is 0.368 e. The standard InChI is InChI=1S/C11H13ClN4O3/c12-9-5-8(16(18)19)6-10(15-9)13-3-4-14-11(17)7-1-2-7/h5-7H,1-4H2,(H,13,15)(H,14,17). The first-order valence-electron chi connectivity index (χ1n) is 5.90. The summed E-state index contributed by atoms with van der Waals surface area (Å²) in [5.74, 6) is 0.553. The van der Waals surface area contributed by atoms with Crippen LogP contribution in [-0.4, -0.2) is 28.9 Å². The van der Waals surface area contributed by atoms with Crippen LogP contribution in [0.1, 0.15) is 12.8 Å². The fourth-order valence-electron chi connectivity index (χ4n) is 1.55. The number of carbonyl (C=O) groups excluding carboxylic acids is 1. The highest BCUT2D eigenvalue weighted by atomic mass is 35.5. The van der Waals surface area contributed by atoms with Crippen molar-refractivity contribution in [3.8, 4) is 0 Å². The van der Waals surface area contributed by atoms with Crippen LogP contribution in [0.2, 0.25) is 5.15 Å². The predicted molar refractivity (Wildman–Crippen MR) is 70.1 cm³/mol. The quantitative estimate of drug-likeness (QED) is 0.358. The Morgan fingerprint density at radius 1 is 1.47 bits per heavy atom. The third-order valence-electron chi connectivity index (χ3n) is 2.67. The number of amides is 1. The lowest BCUT2D eigenvalue weighted by atomic mass is 10.4. The van der Waals surface area contributed by atoms with Gasteiger partial charge in [0.1, 0.15) is 11.0 Å². The average Bonchev–Trinajstić information content (AvgIpc) is 3.17. The second-order valence-electron chi connectivity index (χ2n) is 4.28. The minimum absolute atomic E-state index is 0.0544. The number of hydrogen-bond acceptors (Lipinski definition) is 5. The molecule has 1 aromatic rings. The van der Waals surface area contributed by atoms with Gasteiger partial charge in [-0.25, -0.2) is 4.98 Å². The number of nitrogens with one attached hydrogen (secondary N) is 2. The fourth-order valence-corrected chi connectivity index (χ4v) is 1.75. The lowest BCUT2D eigenvalue weighted by Gasteiger charge is -2.07. The first kappa shape index (κ1) is 13.5. The van der Waals surface area contributed by atoms with E-state index in [0.29, 0.717) is 18.9 Å². The van der Waals surface area contributed by atoms with Crippen molar-refractivity contribution in [2.45, 2.75) is 12.8 Å². The van der Waals surface area contributed by atoms with E-state index in [-0.39, 0.29) is 22.7 Å². The van der Waals surface area contributed by atoms with Gasteiger partial charge >= 0.3 is 0 Å². The van der Waals surface area contributed by atoms with Crippen LogP contribution < -0.4 is 10.6 Å².